The molecule has 0 aromatic carbocycles. The van der Waals surface area contributed by atoms with Crippen molar-refractivity contribution in [2.45, 2.75) is 67.9 Å². The highest BCUT2D eigenvalue weighted by atomic mass is 32.2. The Morgan fingerprint density at radius 3 is 2.47 bits per heavy atom. The fourth-order valence-electron chi connectivity index (χ4n) is 6.22. The van der Waals surface area contributed by atoms with Gasteiger partial charge in [-0.2, -0.15) is 0 Å². The van der Waals surface area contributed by atoms with Crippen LogP contribution in [-0.2, 0) is 11.3 Å². The summed E-state index contributed by atoms with van der Waals surface area (Å²) in [7, 11) is 0. The molecular weight excluding hydrogens is 394 g/mol. The van der Waals surface area contributed by atoms with E-state index in [0.717, 1.165) is 34.3 Å². The number of carbonyl (C=O) groups excluding carboxylic acids is 1. The van der Waals surface area contributed by atoms with Crippen molar-refractivity contribution in [1.82, 2.24) is 25.1 Å². The van der Waals surface area contributed by atoms with E-state index in [0.29, 0.717) is 6.54 Å². The highest BCUT2D eigenvalue weighted by molar-refractivity contribution is 8.00. The molecule has 6 nitrogen and oxygen atoms in total. The Labute approximate surface area is 182 Å². The largest absolute Gasteiger partial charge is 0.350 e. The summed E-state index contributed by atoms with van der Waals surface area (Å²) in [5.41, 5.74) is 0.995. The highest BCUT2D eigenvalue weighted by Crippen LogP contribution is 2.55. The number of thioether (sulfide) groups is 1. The number of nitrogens with one attached hydrogen (secondary N) is 1. The van der Waals surface area contributed by atoms with Gasteiger partial charge in [-0.05, 0) is 75.3 Å². The summed E-state index contributed by atoms with van der Waals surface area (Å²) in [6, 6.07) is 3.84. The first-order valence-electron chi connectivity index (χ1n) is 11.0. The molecule has 30 heavy (non-hydrogen) atoms. The summed E-state index contributed by atoms with van der Waals surface area (Å²) >= 11 is 1.48. The Bertz CT molecular complexity index is 905. The van der Waals surface area contributed by atoms with E-state index in [2.05, 4.69) is 27.1 Å². The molecule has 2 aromatic heterocycles. The van der Waals surface area contributed by atoms with Crippen LogP contribution >= 0.6 is 11.8 Å². The zero-order valence-corrected chi connectivity index (χ0v) is 18.3. The van der Waals surface area contributed by atoms with Gasteiger partial charge in [0.15, 0.2) is 11.0 Å². The van der Waals surface area contributed by atoms with Crippen LogP contribution in [0.1, 0.15) is 45.4 Å². The molecule has 4 saturated carbocycles. The van der Waals surface area contributed by atoms with Gasteiger partial charge in [0.1, 0.15) is 0 Å². The second kappa shape index (κ2) is 7.84. The molecule has 158 valence electrons. The van der Waals surface area contributed by atoms with Crippen molar-refractivity contribution in [2.75, 3.05) is 0 Å². The molecule has 0 spiro atoms. The lowest BCUT2D eigenvalue weighted by molar-refractivity contribution is -0.126. The van der Waals surface area contributed by atoms with Gasteiger partial charge in [-0.25, -0.2) is 0 Å². The first-order chi connectivity index (χ1) is 14.5. The second-order valence-electron chi connectivity index (χ2n) is 9.39. The smallest absolute Gasteiger partial charge is 0.233 e. The molecule has 0 saturated heterocycles. The molecule has 4 fully saturated rings. The molecule has 2 aromatic rings. The minimum Gasteiger partial charge on any atom is -0.350 e. The summed E-state index contributed by atoms with van der Waals surface area (Å²) in [6.07, 6.45) is 13.0. The van der Waals surface area contributed by atoms with Gasteiger partial charge in [-0.1, -0.05) is 17.8 Å². The first kappa shape index (κ1) is 19.8. The second-order valence-corrected chi connectivity index (χ2v) is 10.7. The van der Waals surface area contributed by atoms with Gasteiger partial charge in [-0.3, -0.25) is 14.3 Å². The molecule has 1 amide bonds. The highest BCUT2D eigenvalue weighted by Gasteiger charge is 2.51. The number of hydrogen-bond donors (Lipinski definition) is 1. The van der Waals surface area contributed by atoms with E-state index in [-0.39, 0.29) is 16.7 Å². The summed E-state index contributed by atoms with van der Waals surface area (Å²) < 4.78 is 2.02. The molecule has 7 heteroatoms. The van der Waals surface area contributed by atoms with Crippen LogP contribution in [0.2, 0.25) is 0 Å². The predicted molar refractivity (Wildman–Crippen MR) is 118 cm³/mol. The summed E-state index contributed by atoms with van der Waals surface area (Å²) in [4.78, 5) is 17.2. The van der Waals surface area contributed by atoms with Crippen LogP contribution in [0.5, 0.6) is 0 Å². The van der Waals surface area contributed by atoms with Gasteiger partial charge >= 0.3 is 0 Å². The lowest BCUT2D eigenvalue weighted by atomic mass is 9.53. The number of amides is 1. The number of allylic oxidation sites excluding steroid dienone is 1. The minimum atomic E-state index is -0.226. The lowest BCUT2D eigenvalue weighted by Crippen LogP contribution is -2.60. The monoisotopic (exact) mass is 423 g/mol. The molecular formula is C23H29N5OS. The molecule has 1 N–H and O–H groups in total. The van der Waals surface area contributed by atoms with E-state index < -0.39 is 0 Å². The number of aromatic nitrogens is 4. The molecule has 0 radical (unpaired) electrons. The van der Waals surface area contributed by atoms with Crippen LogP contribution in [0.25, 0.3) is 11.4 Å². The maximum atomic E-state index is 13.2. The van der Waals surface area contributed by atoms with Crippen molar-refractivity contribution < 1.29 is 4.79 Å². The van der Waals surface area contributed by atoms with Crippen molar-refractivity contribution in [3.63, 3.8) is 0 Å². The van der Waals surface area contributed by atoms with E-state index in [9.17, 15) is 4.79 Å². The molecule has 2 heterocycles. The maximum absolute atomic E-state index is 13.2. The fraction of sp³-hybridized carbons (Fsp3) is 0.565. The number of rotatable bonds is 7. The molecule has 0 unspecified atom stereocenters. The van der Waals surface area contributed by atoms with Crippen molar-refractivity contribution in [2.24, 2.45) is 17.8 Å². The number of pyridine rings is 1. The number of carbonyl (C=O) groups is 1. The maximum Gasteiger partial charge on any atom is 0.233 e. The van der Waals surface area contributed by atoms with E-state index in [1.165, 1.54) is 50.3 Å². The van der Waals surface area contributed by atoms with Crippen molar-refractivity contribution in [3.05, 3.63) is 37.2 Å². The van der Waals surface area contributed by atoms with Crippen LogP contribution in [0, 0.1) is 17.8 Å². The molecule has 4 aliphatic carbocycles. The normalized spacial score (nSPS) is 30.2. The van der Waals surface area contributed by atoms with Gasteiger partial charge in [0.05, 0.1) is 5.25 Å². The Balaban J connectivity index is 1.30. The van der Waals surface area contributed by atoms with E-state index in [1.54, 1.807) is 12.4 Å². The van der Waals surface area contributed by atoms with Crippen LogP contribution < -0.4 is 5.32 Å². The molecule has 1 atom stereocenters. The fourth-order valence-corrected chi connectivity index (χ4v) is 7.08. The van der Waals surface area contributed by atoms with Crippen LogP contribution in [0.4, 0.5) is 0 Å². The van der Waals surface area contributed by atoms with Crippen LogP contribution in [-0.4, -0.2) is 36.4 Å². The topological polar surface area (TPSA) is 72.7 Å². The summed E-state index contributed by atoms with van der Waals surface area (Å²) in [5, 5.41) is 12.8. The quantitative estimate of drug-likeness (QED) is 0.536. The number of hydrogen-bond acceptors (Lipinski definition) is 5. The average molecular weight is 424 g/mol. The molecule has 6 rings (SSSR count). The Kier molecular flexibility index (Phi) is 5.17. The first-order valence-corrected chi connectivity index (χ1v) is 11.9. The summed E-state index contributed by atoms with van der Waals surface area (Å²) in [5.74, 6) is 3.35. The molecule has 0 aliphatic heterocycles. The van der Waals surface area contributed by atoms with Gasteiger partial charge in [0, 0.05) is 30.0 Å². The zero-order valence-electron chi connectivity index (χ0n) is 17.5. The average Bonchev–Trinajstić information content (AvgIpc) is 3.10. The Hall–Kier alpha value is -2.15. The van der Waals surface area contributed by atoms with Gasteiger partial charge in [0.2, 0.25) is 5.91 Å². The van der Waals surface area contributed by atoms with Crippen molar-refractivity contribution in [1.29, 1.82) is 0 Å². The number of nitrogens with zero attached hydrogens (tertiary/aromatic N) is 4. The Morgan fingerprint density at radius 2 is 1.87 bits per heavy atom. The van der Waals surface area contributed by atoms with Gasteiger partial charge in [-0.15, -0.1) is 16.8 Å². The van der Waals surface area contributed by atoms with Crippen molar-refractivity contribution in [3.8, 4) is 11.4 Å². The Morgan fingerprint density at radius 1 is 1.23 bits per heavy atom. The van der Waals surface area contributed by atoms with Crippen LogP contribution in [0.15, 0.2) is 42.3 Å². The SMILES string of the molecule is C=CCn1c(S[C@H](C)C(=O)NC23CC4CC(CC(C4)C2)C3)nnc1-c1ccncc1. The third-order valence-electron chi connectivity index (χ3n) is 7.05. The van der Waals surface area contributed by atoms with Crippen LogP contribution in [0.3, 0.4) is 0 Å². The molecule has 4 bridgehead atoms. The standard InChI is InChI=1S/C23H29N5OS/c1-3-8-28-20(19-4-6-24-7-5-19)26-27-22(28)30-15(2)21(29)25-23-12-16-9-17(13-23)11-18(10-16)14-23/h3-7,15-18H,1,8-14H2,2H3,(H,25,29)/t15-,16?,17?,18?,23?/m1/s1. The minimum absolute atomic E-state index is 0.0393. The summed E-state index contributed by atoms with van der Waals surface area (Å²) in [6.45, 7) is 6.44. The van der Waals surface area contributed by atoms with E-state index >= 15 is 0 Å². The zero-order chi connectivity index (χ0) is 20.7. The van der Waals surface area contributed by atoms with Gasteiger partial charge in [0.25, 0.3) is 0 Å². The molecule has 4 aliphatic rings. The van der Waals surface area contributed by atoms with E-state index in [1.807, 2.05) is 29.7 Å². The van der Waals surface area contributed by atoms with Gasteiger partial charge < -0.3 is 5.32 Å². The van der Waals surface area contributed by atoms with Crippen molar-refractivity contribution >= 4 is 17.7 Å². The third kappa shape index (κ3) is 3.68. The lowest BCUT2D eigenvalue weighted by Gasteiger charge is -2.57. The predicted octanol–water partition coefficient (Wildman–Crippen LogP) is 4.09. The third-order valence-corrected chi connectivity index (χ3v) is 8.13. The van der Waals surface area contributed by atoms with E-state index in [4.69, 9.17) is 0 Å².